The highest BCUT2D eigenvalue weighted by atomic mass is 32.2. The Hall–Kier alpha value is -4.95. The van der Waals surface area contributed by atoms with Crippen LogP contribution in [0.1, 0.15) is 35.9 Å². The number of carbonyl (C=O) groups excluding carboxylic acids is 3. The van der Waals surface area contributed by atoms with Crippen molar-refractivity contribution >= 4 is 40.7 Å². The van der Waals surface area contributed by atoms with Gasteiger partial charge in [-0.15, -0.1) is 0 Å². The number of hydrogen-bond donors (Lipinski definition) is 3. The van der Waals surface area contributed by atoms with Gasteiger partial charge >= 0.3 is 0 Å². The number of benzene rings is 2. The van der Waals surface area contributed by atoms with Crippen LogP contribution < -0.4 is 25.4 Å². The van der Waals surface area contributed by atoms with Crippen molar-refractivity contribution in [2.75, 3.05) is 30.6 Å². The van der Waals surface area contributed by atoms with Crippen LogP contribution in [0.2, 0.25) is 0 Å². The number of allylic oxidation sites excluding steroid dienone is 2. The number of nitriles is 1. The number of methoxy groups -OCH3 is 2. The summed E-state index contributed by atoms with van der Waals surface area (Å²) >= 11 is 1.13. The molecule has 2 amide bonds. The van der Waals surface area contributed by atoms with E-state index in [1.165, 1.54) is 27.4 Å². The molecule has 2 heterocycles. The Bertz CT molecular complexity index is 1570. The number of ether oxygens (including phenoxy) is 2. The first-order valence-electron chi connectivity index (χ1n) is 12.5. The molecule has 0 aliphatic carbocycles. The summed E-state index contributed by atoms with van der Waals surface area (Å²) in [5, 5.41) is 19.4. The second kappa shape index (κ2) is 12.9. The smallest absolute Gasteiger partial charge is 0.254 e. The van der Waals surface area contributed by atoms with E-state index in [1.807, 2.05) is 0 Å². The highest BCUT2D eigenvalue weighted by Crippen LogP contribution is 2.41. The van der Waals surface area contributed by atoms with Crippen LogP contribution in [-0.2, 0) is 9.59 Å². The summed E-state index contributed by atoms with van der Waals surface area (Å²) in [7, 11) is 3.01. The monoisotopic (exact) mass is 572 g/mol. The average molecular weight is 573 g/mol. The van der Waals surface area contributed by atoms with Crippen molar-refractivity contribution < 1.29 is 28.3 Å². The lowest BCUT2D eigenvalue weighted by Gasteiger charge is -2.28. The maximum Gasteiger partial charge on any atom is 0.254 e. The molecular weight excluding hydrogens is 544 g/mol. The minimum Gasteiger partial charge on any atom is -0.497 e. The molecule has 1 aliphatic heterocycles. The zero-order valence-corrected chi connectivity index (χ0v) is 23.7. The van der Waals surface area contributed by atoms with Crippen molar-refractivity contribution in [1.82, 2.24) is 5.32 Å². The topological polar surface area (TPSA) is 143 Å². The number of rotatable bonds is 10. The first kappa shape index (κ1) is 29.0. The lowest BCUT2D eigenvalue weighted by Crippen LogP contribution is -2.31. The van der Waals surface area contributed by atoms with E-state index in [9.17, 15) is 19.6 Å². The summed E-state index contributed by atoms with van der Waals surface area (Å²) in [5.41, 5.74) is 2.49. The molecule has 0 unspecified atom stereocenters. The second-order valence-corrected chi connectivity index (χ2v) is 9.94. The standard InChI is InChI=1S/C30H28N4O6S/c1-17-27(29(37)34-23-14-21(38-3)11-12-24(23)39-4)28(25-6-5-13-40-25)22(15-31)30(32-17)41-16-26(36)33-20-9-7-19(8-10-20)18(2)35/h5-14,28,32H,16H2,1-4H3,(H,33,36)(H,34,37)/t28-/m1/s1. The predicted octanol–water partition coefficient (Wildman–Crippen LogP) is 5.21. The minimum atomic E-state index is -0.822. The highest BCUT2D eigenvalue weighted by molar-refractivity contribution is 8.03. The van der Waals surface area contributed by atoms with E-state index >= 15 is 0 Å². The van der Waals surface area contributed by atoms with E-state index in [0.717, 1.165) is 11.8 Å². The van der Waals surface area contributed by atoms with Gasteiger partial charge in [-0.3, -0.25) is 14.4 Å². The molecule has 0 saturated heterocycles. The summed E-state index contributed by atoms with van der Waals surface area (Å²) in [5.74, 6) is -0.305. The Morgan fingerprint density at radius 1 is 1.07 bits per heavy atom. The molecule has 11 heteroatoms. The molecule has 0 fully saturated rings. The molecule has 4 rings (SSSR count). The van der Waals surface area contributed by atoms with Gasteiger partial charge in [0.15, 0.2) is 5.78 Å². The Morgan fingerprint density at radius 3 is 2.44 bits per heavy atom. The molecule has 0 bridgehead atoms. The van der Waals surface area contributed by atoms with Crippen molar-refractivity contribution in [2.24, 2.45) is 0 Å². The normalized spacial score (nSPS) is 14.6. The number of hydrogen-bond acceptors (Lipinski definition) is 9. The van der Waals surface area contributed by atoms with E-state index in [4.69, 9.17) is 13.9 Å². The number of anilines is 2. The summed E-state index contributed by atoms with van der Waals surface area (Å²) in [6.45, 7) is 3.19. The predicted molar refractivity (Wildman–Crippen MR) is 156 cm³/mol. The number of Topliss-reactive ketones (excluding diaryl/α,β-unsaturated/α-hetero) is 1. The summed E-state index contributed by atoms with van der Waals surface area (Å²) in [6.07, 6.45) is 1.47. The fraction of sp³-hybridized carbons (Fsp3) is 0.200. The van der Waals surface area contributed by atoms with Crippen LogP contribution in [0.4, 0.5) is 11.4 Å². The molecule has 210 valence electrons. The molecule has 0 saturated carbocycles. The quantitative estimate of drug-likeness (QED) is 0.279. The van der Waals surface area contributed by atoms with Gasteiger partial charge in [-0.05, 0) is 62.4 Å². The zero-order chi connectivity index (χ0) is 29.5. The van der Waals surface area contributed by atoms with Gasteiger partial charge in [0.2, 0.25) is 5.91 Å². The Morgan fingerprint density at radius 2 is 1.83 bits per heavy atom. The van der Waals surface area contributed by atoms with Gasteiger partial charge < -0.3 is 29.8 Å². The third kappa shape index (κ3) is 6.62. The van der Waals surface area contributed by atoms with E-state index < -0.39 is 11.8 Å². The Kier molecular flexibility index (Phi) is 9.16. The third-order valence-electron chi connectivity index (χ3n) is 6.30. The molecule has 10 nitrogen and oxygen atoms in total. The molecule has 0 spiro atoms. The van der Waals surface area contributed by atoms with Gasteiger partial charge in [0.05, 0.1) is 60.1 Å². The SMILES string of the molecule is COc1ccc(OC)c(NC(=O)C2=C(C)NC(SCC(=O)Nc3ccc(C(C)=O)cc3)=C(C#N)[C@@H]2c2ccco2)c1. The maximum absolute atomic E-state index is 13.7. The van der Waals surface area contributed by atoms with E-state index in [0.29, 0.717) is 44.9 Å². The van der Waals surface area contributed by atoms with Crippen LogP contribution in [0.3, 0.4) is 0 Å². The first-order valence-corrected chi connectivity index (χ1v) is 13.5. The summed E-state index contributed by atoms with van der Waals surface area (Å²) in [6, 6.07) is 17.2. The number of dihydropyridines is 1. The fourth-order valence-electron chi connectivity index (χ4n) is 4.29. The van der Waals surface area contributed by atoms with E-state index in [2.05, 4.69) is 22.0 Å². The molecule has 1 aromatic heterocycles. The number of nitrogens with zero attached hydrogens (tertiary/aromatic N) is 1. The number of furan rings is 1. The van der Waals surface area contributed by atoms with Crippen LogP contribution in [-0.4, -0.2) is 37.6 Å². The van der Waals surface area contributed by atoms with Crippen LogP contribution in [0.15, 0.2) is 87.1 Å². The van der Waals surface area contributed by atoms with Gasteiger partial charge in [0.25, 0.3) is 5.91 Å². The van der Waals surface area contributed by atoms with Crippen LogP contribution >= 0.6 is 11.8 Å². The van der Waals surface area contributed by atoms with Crippen LogP contribution in [0.5, 0.6) is 11.5 Å². The number of thioether (sulfide) groups is 1. The minimum absolute atomic E-state index is 0.0112. The highest BCUT2D eigenvalue weighted by Gasteiger charge is 2.36. The third-order valence-corrected chi connectivity index (χ3v) is 7.31. The molecule has 3 aromatic rings. The van der Waals surface area contributed by atoms with E-state index in [-0.39, 0.29) is 28.6 Å². The molecule has 0 radical (unpaired) electrons. The number of nitrogens with one attached hydrogen (secondary N) is 3. The maximum atomic E-state index is 13.7. The first-order chi connectivity index (χ1) is 19.7. The average Bonchev–Trinajstić information content (AvgIpc) is 3.50. The van der Waals surface area contributed by atoms with Crippen molar-refractivity contribution in [3.05, 3.63) is 94.1 Å². The Labute approximate surface area is 241 Å². The van der Waals surface area contributed by atoms with Crippen molar-refractivity contribution in [3.8, 4) is 17.6 Å². The van der Waals surface area contributed by atoms with Gasteiger partial charge in [-0.1, -0.05) is 11.8 Å². The molecule has 3 N–H and O–H groups in total. The van der Waals surface area contributed by atoms with Crippen LogP contribution in [0, 0.1) is 11.3 Å². The largest absolute Gasteiger partial charge is 0.497 e. The summed E-state index contributed by atoms with van der Waals surface area (Å²) in [4.78, 5) is 37.9. The lowest BCUT2D eigenvalue weighted by atomic mass is 9.85. The molecular formula is C30H28N4O6S. The van der Waals surface area contributed by atoms with Gasteiger partial charge in [-0.2, -0.15) is 5.26 Å². The molecule has 1 aliphatic rings. The van der Waals surface area contributed by atoms with Crippen molar-refractivity contribution in [2.45, 2.75) is 19.8 Å². The summed E-state index contributed by atoms with van der Waals surface area (Å²) < 4.78 is 16.3. The molecule has 2 aromatic carbocycles. The Balaban J connectivity index is 1.57. The number of carbonyl (C=O) groups is 3. The van der Waals surface area contributed by atoms with Gasteiger partial charge in [-0.25, -0.2) is 0 Å². The lowest BCUT2D eigenvalue weighted by molar-refractivity contribution is -0.114. The van der Waals surface area contributed by atoms with Gasteiger partial charge in [0.1, 0.15) is 17.3 Å². The number of amides is 2. The van der Waals surface area contributed by atoms with Crippen molar-refractivity contribution in [3.63, 3.8) is 0 Å². The van der Waals surface area contributed by atoms with E-state index in [1.54, 1.807) is 61.5 Å². The van der Waals surface area contributed by atoms with Gasteiger partial charge in [0, 0.05) is 23.0 Å². The van der Waals surface area contributed by atoms with Crippen LogP contribution in [0.25, 0.3) is 0 Å². The molecule has 41 heavy (non-hydrogen) atoms. The van der Waals surface area contributed by atoms with Crippen molar-refractivity contribution in [1.29, 1.82) is 5.26 Å². The second-order valence-electron chi connectivity index (χ2n) is 8.96. The fourth-order valence-corrected chi connectivity index (χ4v) is 5.18. The zero-order valence-electron chi connectivity index (χ0n) is 22.9. The molecule has 1 atom stereocenters. The number of ketones is 1.